The van der Waals surface area contributed by atoms with Gasteiger partial charge in [-0.2, -0.15) is 4.98 Å². The van der Waals surface area contributed by atoms with Crippen LogP contribution in [0.15, 0.2) is 30.5 Å². The molecule has 1 aromatic carbocycles. The van der Waals surface area contributed by atoms with Crippen LogP contribution in [0.5, 0.6) is 5.75 Å². The van der Waals surface area contributed by atoms with Gasteiger partial charge in [-0.05, 0) is 19.1 Å². The van der Waals surface area contributed by atoms with Gasteiger partial charge in [-0.3, -0.25) is 0 Å². The molecule has 8 nitrogen and oxygen atoms in total. The molecule has 0 radical (unpaired) electrons. The largest absolute Gasteiger partial charge is 0.492 e. The first-order valence-electron chi connectivity index (χ1n) is 7.94. The van der Waals surface area contributed by atoms with E-state index in [-0.39, 0.29) is 0 Å². The number of hydrogen-bond acceptors (Lipinski definition) is 6. The van der Waals surface area contributed by atoms with Crippen LogP contribution in [-0.2, 0) is 0 Å². The van der Waals surface area contributed by atoms with Gasteiger partial charge in [-0.15, -0.1) is 0 Å². The quantitative estimate of drug-likeness (QED) is 0.838. The minimum Gasteiger partial charge on any atom is -0.492 e. The first kappa shape index (κ1) is 18.3. The van der Waals surface area contributed by atoms with Gasteiger partial charge in [0.2, 0.25) is 5.95 Å². The molecule has 2 aromatic rings. The molecule has 0 atom stereocenters. The van der Waals surface area contributed by atoms with Crippen molar-refractivity contribution in [3.8, 4) is 5.75 Å². The van der Waals surface area contributed by atoms with Crippen molar-refractivity contribution in [2.75, 3.05) is 55.2 Å². The van der Waals surface area contributed by atoms with Gasteiger partial charge >= 0.3 is 6.03 Å². The van der Waals surface area contributed by atoms with Crippen molar-refractivity contribution in [3.63, 3.8) is 0 Å². The molecule has 2 rings (SSSR count). The lowest BCUT2D eigenvalue weighted by Crippen LogP contribution is -2.24. The smallest absolute Gasteiger partial charge is 0.323 e. The van der Waals surface area contributed by atoms with E-state index in [0.29, 0.717) is 35.5 Å². The van der Waals surface area contributed by atoms with Crippen LogP contribution in [0.4, 0.5) is 27.9 Å². The summed E-state index contributed by atoms with van der Waals surface area (Å²) in [4.78, 5) is 24.7. The SMILES string of the molecule is CCOc1ccccc1NC(=O)Nc1cnc(N(C)C)nc1N(C)C. The fourth-order valence-corrected chi connectivity index (χ4v) is 2.14. The Morgan fingerprint density at radius 3 is 2.40 bits per heavy atom. The van der Waals surface area contributed by atoms with E-state index in [1.165, 1.54) is 0 Å². The number of benzene rings is 1. The zero-order valence-corrected chi connectivity index (χ0v) is 15.2. The minimum absolute atomic E-state index is 0.392. The van der Waals surface area contributed by atoms with Crippen LogP contribution in [0.25, 0.3) is 0 Å². The summed E-state index contributed by atoms with van der Waals surface area (Å²) >= 11 is 0. The zero-order chi connectivity index (χ0) is 18.4. The Balaban J connectivity index is 2.18. The molecule has 0 spiro atoms. The molecule has 0 saturated carbocycles. The van der Waals surface area contributed by atoms with Gasteiger partial charge in [-0.25, -0.2) is 9.78 Å². The van der Waals surface area contributed by atoms with Gasteiger partial charge in [0.1, 0.15) is 11.4 Å². The number of urea groups is 1. The molecule has 1 heterocycles. The van der Waals surface area contributed by atoms with Crippen molar-refractivity contribution >= 4 is 29.2 Å². The predicted octanol–water partition coefficient (Wildman–Crippen LogP) is 2.65. The third kappa shape index (κ3) is 4.72. The molecule has 2 amide bonds. The second kappa shape index (κ2) is 8.18. The molecule has 25 heavy (non-hydrogen) atoms. The van der Waals surface area contributed by atoms with Crippen molar-refractivity contribution in [3.05, 3.63) is 30.5 Å². The molecule has 0 aliphatic heterocycles. The summed E-state index contributed by atoms with van der Waals surface area (Å²) in [6.45, 7) is 2.41. The summed E-state index contributed by atoms with van der Waals surface area (Å²) in [6, 6.07) is 6.88. The first-order chi connectivity index (χ1) is 11.9. The number of carbonyl (C=O) groups excluding carboxylic acids is 1. The van der Waals surface area contributed by atoms with Crippen LogP contribution in [-0.4, -0.2) is 50.8 Å². The van der Waals surface area contributed by atoms with E-state index < -0.39 is 6.03 Å². The molecular weight excluding hydrogens is 320 g/mol. The summed E-state index contributed by atoms with van der Waals surface area (Å²) in [5.74, 6) is 1.80. The maximum atomic E-state index is 12.4. The number of para-hydroxylation sites is 2. The fourth-order valence-electron chi connectivity index (χ4n) is 2.14. The number of ether oxygens (including phenoxy) is 1. The lowest BCUT2D eigenvalue weighted by atomic mass is 10.3. The number of nitrogens with one attached hydrogen (secondary N) is 2. The minimum atomic E-state index is -0.392. The summed E-state index contributed by atoms with van der Waals surface area (Å²) < 4.78 is 5.51. The first-order valence-corrected chi connectivity index (χ1v) is 7.94. The highest BCUT2D eigenvalue weighted by atomic mass is 16.5. The monoisotopic (exact) mass is 344 g/mol. The summed E-state index contributed by atoms with van der Waals surface area (Å²) in [6.07, 6.45) is 1.59. The molecule has 8 heteroatoms. The molecular formula is C17H24N6O2. The third-order valence-corrected chi connectivity index (χ3v) is 3.26. The number of nitrogens with zero attached hydrogens (tertiary/aromatic N) is 4. The highest BCUT2D eigenvalue weighted by Crippen LogP contribution is 2.26. The molecule has 0 unspecified atom stereocenters. The number of rotatable bonds is 6. The maximum absolute atomic E-state index is 12.4. The van der Waals surface area contributed by atoms with Gasteiger partial charge in [-0.1, -0.05) is 12.1 Å². The predicted molar refractivity (Wildman–Crippen MR) is 101 cm³/mol. The standard InChI is InChI=1S/C17H24N6O2/c1-6-25-14-10-8-7-9-12(14)19-17(24)20-13-11-18-16(23(4)5)21-15(13)22(2)3/h7-11H,6H2,1-5H3,(H2,19,20,24). The maximum Gasteiger partial charge on any atom is 0.323 e. The number of aromatic nitrogens is 2. The fraction of sp³-hybridized carbons (Fsp3) is 0.353. The van der Waals surface area contributed by atoms with E-state index in [2.05, 4.69) is 20.6 Å². The Hall–Kier alpha value is -3.03. The van der Waals surface area contributed by atoms with E-state index in [4.69, 9.17) is 4.74 Å². The average molecular weight is 344 g/mol. The van der Waals surface area contributed by atoms with Crippen molar-refractivity contribution in [2.24, 2.45) is 0 Å². The third-order valence-electron chi connectivity index (χ3n) is 3.26. The molecule has 0 saturated heterocycles. The van der Waals surface area contributed by atoms with E-state index in [1.54, 1.807) is 23.2 Å². The molecule has 2 N–H and O–H groups in total. The van der Waals surface area contributed by atoms with Crippen LogP contribution >= 0.6 is 0 Å². The Kier molecular flexibility index (Phi) is 5.99. The second-order valence-electron chi connectivity index (χ2n) is 5.70. The van der Waals surface area contributed by atoms with Crippen LogP contribution in [0.2, 0.25) is 0 Å². The van der Waals surface area contributed by atoms with Crippen molar-refractivity contribution < 1.29 is 9.53 Å². The number of amides is 2. The molecule has 134 valence electrons. The molecule has 1 aromatic heterocycles. The van der Waals surface area contributed by atoms with Gasteiger partial charge in [0.05, 0.1) is 18.5 Å². The number of carbonyl (C=O) groups is 1. The topological polar surface area (TPSA) is 82.6 Å². The van der Waals surface area contributed by atoms with Gasteiger partial charge in [0.25, 0.3) is 0 Å². The summed E-state index contributed by atoms with van der Waals surface area (Å²) in [5, 5.41) is 5.57. The van der Waals surface area contributed by atoms with Crippen LogP contribution < -0.4 is 25.2 Å². The second-order valence-corrected chi connectivity index (χ2v) is 5.70. The van der Waals surface area contributed by atoms with E-state index in [1.807, 2.05) is 52.1 Å². The Morgan fingerprint density at radius 1 is 1.08 bits per heavy atom. The molecule has 0 bridgehead atoms. The Labute approximate surface area is 147 Å². The summed E-state index contributed by atoms with van der Waals surface area (Å²) in [7, 11) is 7.43. The Morgan fingerprint density at radius 2 is 1.76 bits per heavy atom. The van der Waals surface area contributed by atoms with Crippen LogP contribution in [0.3, 0.4) is 0 Å². The van der Waals surface area contributed by atoms with Crippen LogP contribution in [0, 0.1) is 0 Å². The van der Waals surface area contributed by atoms with Gasteiger partial charge in [0.15, 0.2) is 5.82 Å². The lowest BCUT2D eigenvalue weighted by Gasteiger charge is -2.19. The average Bonchev–Trinajstić information content (AvgIpc) is 2.56. The van der Waals surface area contributed by atoms with Crippen molar-refractivity contribution in [1.29, 1.82) is 0 Å². The molecule has 0 aliphatic carbocycles. The number of hydrogen-bond donors (Lipinski definition) is 2. The van der Waals surface area contributed by atoms with Crippen LogP contribution in [0.1, 0.15) is 6.92 Å². The van der Waals surface area contributed by atoms with Crippen molar-refractivity contribution in [2.45, 2.75) is 6.92 Å². The van der Waals surface area contributed by atoms with E-state index in [0.717, 1.165) is 0 Å². The summed E-state index contributed by atoms with van der Waals surface area (Å²) in [5.41, 5.74) is 1.11. The normalized spacial score (nSPS) is 10.1. The molecule has 0 aliphatic rings. The van der Waals surface area contributed by atoms with E-state index >= 15 is 0 Å². The zero-order valence-electron chi connectivity index (χ0n) is 15.2. The van der Waals surface area contributed by atoms with Gasteiger partial charge in [0, 0.05) is 28.2 Å². The van der Waals surface area contributed by atoms with E-state index in [9.17, 15) is 4.79 Å². The lowest BCUT2D eigenvalue weighted by molar-refractivity contribution is 0.262. The highest BCUT2D eigenvalue weighted by Gasteiger charge is 2.14. The Bertz CT molecular complexity index is 733. The highest BCUT2D eigenvalue weighted by molar-refractivity contribution is 6.02. The number of anilines is 4. The van der Waals surface area contributed by atoms with Crippen molar-refractivity contribution in [1.82, 2.24) is 9.97 Å². The van der Waals surface area contributed by atoms with Gasteiger partial charge < -0.3 is 25.2 Å². The molecule has 0 fully saturated rings.